The summed E-state index contributed by atoms with van der Waals surface area (Å²) in [5.74, 6) is 1.89. The first-order valence-electron chi connectivity index (χ1n) is 6.28. The van der Waals surface area contributed by atoms with Gasteiger partial charge < -0.3 is 4.74 Å². The van der Waals surface area contributed by atoms with Crippen LogP contribution in [0.1, 0.15) is 11.1 Å². The van der Waals surface area contributed by atoms with Crippen molar-refractivity contribution in [2.75, 3.05) is 0 Å². The van der Waals surface area contributed by atoms with Crippen LogP contribution in [-0.4, -0.2) is 0 Å². The standard InChI is InChI=1S/C17H11ClO/c18-14-7-8-16-13(10-14)9-12-6-5-11-3-1-2-4-15(11)17(12)19-16/h1-8,10H,9H2. The molecule has 4 rings (SSSR count). The van der Waals surface area contributed by atoms with Crippen molar-refractivity contribution < 1.29 is 4.74 Å². The molecule has 2 heteroatoms. The van der Waals surface area contributed by atoms with Gasteiger partial charge in [0.2, 0.25) is 0 Å². The molecule has 0 spiro atoms. The zero-order valence-electron chi connectivity index (χ0n) is 10.2. The molecule has 92 valence electrons. The summed E-state index contributed by atoms with van der Waals surface area (Å²) in [5, 5.41) is 3.13. The average Bonchev–Trinajstić information content (AvgIpc) is 2.45. The van der Waals surface area contributed by atoms with Crippen molar-refractivity contribution in [3.8, 4) is 11.5 Å². The summed E-state index contributed by atoms with van der Waals surface area (Å²) < 4.78 is 6.09. The number of hydrogen-bond acceptors (Lipinski definition) is 1. The molecule has 0 bridgehead atoms. The predicted octanol–water partition coefficient (Wildman–Crippen LogP) is 5.19. The van der Waals surface area contributed by atoms with Crippen LogP contribution in [0.15, 0.2) is 54.6 Å². The molecule has 0 fully saturated rings. The van der Waals surface area contributed by atoms with Gasteiger partial charge in [0.1, 0.15) is 11.5 Å². The fourth-order valence-corrected chi connectivity index (χ4v) is 2.84. The third-order valence-electron chi connectivity index (χ3n) is 3.58. The third-order valence-corrected chi connectivity index (χ3v) is 3.81. The van der Waals surface area contributed by atoms with Crippen LogP contribution in [0.4, 0.5) is 0 Å². The molecule has 0 unspecified atom stereocenters. The van der Waals surface area contributed by atoms with Gasteiger partial charge in [-0.2, -0.15) is 0 Å². The Balaban J connectivity index is 1.94. The fourth-order valence-electron chi connectivity index (χ4n) is 2.65. The Labute approximate surface area is 116 Å². The second-order valence-electron chi connectivity index (χ2n) is 4.81. The van der Waals surface area contributed by atoms with Crippen molar-refractivity contribution in [1.29, 1.82) is 0 Å². The highest BCUT2D eigenvalue weighted by Crippen LogP contribution is 2.41. The smallest absolute Gasteiger partial charge is 0.138 e. The van der Waals surface area contributed by atoms with E-state index in [1.165, 1.54) is 16.3 Å². The molecule has 1 aliphatic rings. The van der Waals surface area contributed by atoms with E-state index in [1.54, 1.807) is 0 Å². The van der Waals surface area contributed by atoms with Crippen LogP contribution >= 0.6 is 11.6 Å². The highest BCUT2D eigenvalue weighted by atomic mass is 35.5. The van der Waals surface area contributed by atoms with Crippen molar-refractivity contribution in [2.45, 2.75) is 6.42 Å². The van der Waals surface area contributed by atoms with E-state index in [4.69, 9.17) is 16.3 Å². The molecule has 3 aromatic rings. The van der Waals surface area contributed by atoms with Gasteiger partial charge in [-0.25, -0.2) is 0 Å². The van der Waals surface area contributed by atoms with Crippen molar-refractivity contribution in [1.82, 2.24) is 0 Å². The fraction of sp³-hybridized carbons (Fsp3) is 0.0588. The highest BCUT2D eigenvalue weighted by Gasteiger charge is 2.19. The van der Waals surface area contributed by atoms with Gasteiger partial charge in [0, 0.05) is 22.4 Å². The lowest BCUT2D eigenvalue weighted by Gasteiger charge is -2.21. The SMILES string of the molecule is Clc1ccc2c(c1)Cc1ccc3ccccc3c1O2. The Morgan fingerprint density at radius 1 is 0.895 bits per heavy atom. The number of fused-ring (bicyclic) bond motifs is 4. The zero-order chi connectivity index (χ0) is 12.8. The summed E-state index contributed by atoms with van der Waals surface area (Å²) in [5.41, 5.74) is 2.36. The summed E-state index contributed by atoms with van der Waals surface area (Å²) >= 11 is 6.04. The van der Waals surface area contributed by atoms with Crippen LogP contribution < -0.4 is 4.74 Å². The molecule has 19 heavy (non-hydrogen) atoms. The summed E-state index contributed by atoms with van der Waals surface area (Å²) in [6, 6.07) is 18.4. The Kier molecular flexibility index (Phi) is 2.30. The molecule has 1 nitrogen and oxygen atoms in total. The molecule has 1 heterocycles. The van der Waals surface area contributed by atoms with E-state index in [2.05, 4.69) is 24.3 Å². The Morgan fingerprint density at radius 2 is 1.79 bits per heavy atom. The minimum atomic E-state index is 0.756. The van der Waals surface area contributed by atoms with Crippen LogP contribution in [-0.2, 0) is 6.42 Å². The lowest BCUT2D eigenvalue weighted by atomic mass is 9.97. The third kappa shape index (κ3) is 1.70. The lowest BCUT2D eigenvalue weighted by molar-refractivity contribution is 0.466. The molecule has 0 N–H and O–H groups in total. The molecule has 3 aromatic carbocycles. The molecule has 0 radical (unpaired) electrons. The molecule has 0 saturated heterocycles. The van der Waals surface area contributed by atoms with Gasteiger partial charge in [-0.3, -0.25) is 0 Å². The van der Waals surface area contributed by atoms with Crippen molar-refractivity contribution in [2.24, 2.45) is 0 Å². The summed E-state index contributed by atoms with van der Waals surface area (Å²) in [4.78, 5) is 0. The number of ether oxygens (including phenoxy) is 1. The summed E-state index contributed by atoms with van der Waals surface area (Å²) in [6.07, 6.45) is 0.871. The van der Waals surface area contributed by atoms with E-state index < -0.39 is 0 Å². The summed E-state index contributed by atoms with van der Waals surface area (Å²) in [7, 11) is 0. The lowest BCUT2D eigenvalue weighted by Crippen LogP contribution is -2.03. The van der Waals surface area contributed by atoms with Crippen molar-refractivity contribution in [3.05, 3.63) is 70.7 Å². The highest BCUT2D eigenvalue weighted by molar-refractivity contribution is 6.30. The van der Waals surface area contributed by atoms with Crippen LogP contribution in [0.2, 0.25) is 5.02 Å². The molecular weight excluding hydrogens is 256 g/mol. The molecular formula is C17H11ClO. The maximum absolute atomic E-state index is 6.09. The number of benzene rings is 3. The summed E-state index contributed by atoms with van der Waals surface area (Å²) in [6.45, 7) is 0. The Bertz CT molecular complexity index is 792. The molecule has 0 saturated carbocycles. The normalized spacial score (nSPS) is 12.7. The Hall–Kier alpha value is -1.99. The minimum absolute atomic E-state index is 0.756. The van der Waals surface area contributed by atoms with Crippen molar-refractivity contribution >= 4 is 22.4 Å². The van der Waals surface area contributed by atoms with Crippen molar-refractivity contribution in [3.63, 3.8) is 0 Å². The maximum Gasteiger partial charge on any atom is 0.138 e. The van der Waals surface area contributed by atoms with E-state index in [-0.39, 0.29) is 0 Å². The number of halogens is 1. The van der Waals surface area contributed by atoms with Gasteiger partial charge in [-0.15, -0.1) is 0 Å². The van der Waals surface area contributed by atoms with E-state index in [0.29, 0.717) is 0 Å². The Morgan fingerprint density at radius 3 is 2.74 bits per heavy atom. The largest absolute Gasteiger partial charge is 0.456 e. The first-order chi connectivity index (χ1) is 9.31. The first-order valence-corrected chi connectivity index (χ1v) is 6.66. The number of hydrogen-bond donors (Lipinski definition) is 0. The molecule has 0 aromatic heterocycles. The number of rotatable bonds is 0. The van der Waals surface area contributed by atoms with Crippen LogP contribution in [0.25, 0.3) is 10.8 Å². The minimum Gasteiger partial charge on any atom is -0.456 e. The van der Waals surface area contributed by atoms with Gasteiger partial charge in [-0.05, 0) is 29.1 Å². The monoisotopic (exact) mass is 266 g/mol. The van der Waals surface area contributed by atoms with Gasteiger partial charge in [0.05, 0.1) is 0 Å². The molecule has 0 aliphatic carbocycles. The predicted molar refractivity (Wildman–Crippen MR) is 78.3 cm³/mol. The first kappa shape index (κ1) is 10.9. The molecule has 0 amide bonds. The van der Waals surface area contributed by atoms with Gasteiger partial charge in [-0.1, -0.05) is 48.0 Å². The topological polar surface area (TPSA) is 9.23 Å². The van der Waals surface area contributed by atoms with Crippen LogP contribution in [0.5, 0.6) is 11.5 Å². The van der Waals surface area contributed by atoms with Gasteiger partial charge in [0.25, 0.3) is 0 Å². The van der Waals surface area contributed by atoms with Crippen LogP contribution in [0, 0.1) is 0 Å². The zero-order valence-corrected chi connectivity index (χ0v) is 10.9. The van der Waals surface area contributed by atoms with Gasteiger partial charge >= 0.3 is 0 Å². The molecule has 1 aliphatic heterocycles. The van der Waals surface area contributed by atoms with E-state index in [1.807, 2.05) is 30.3 Å². The van der Waals surface area contributed by atoms with Gasteiger partial charge in [0.15, 0.2) is 0 Å². The average molecular weight is 267 g/mol. The second-order valence-corrected chi connectivity index (χ2v) is 5.24. The van der Waals surface area contributed by atoms with E-state index in [9.17, 15) is 0 Å². The second kappa shape index (κ2) is 4.01. The maximum atomic E-state index is 6.09. The van der Waals surface area contributed by atoms with Crippen LogP contribution in [0.3, 0.4) is 0 Å². The van der Waals surface area contributed by atoms with E-state index in [0.717, 1.165) is 28.5 Å². The quantitative estimate of drug-likeness (QED) is 0.426. The molecule has 0 atom stereocenters. The van der Waals surface area contributed by atoms with E-state index >= 15 is 0 Å².